The molecule has 0 saturated heterocycles. The molecule has 2 saturated carbocycles. The number of aliphatic carboxylic acids is 1. The van der Waals surface area contributed by atoms with E-state index in [0.717, 1.165) is 37.8 Å². The molecule has 2 aliphatic rings. The number of oxazole rings is 1. The van der Waals surface area contributed by atoms with Gasteiger partial charge in [0.05, 0.1) is 18.3 Å². The average Bonchev–Trinajstić information content (AvgIpc) is 3.45. The van der Waals surface area contributed by atoms with Gasteiger partial charge >= 0.3 is 12.1 Å². The summed E-state index contributed by atoms with van der Waals surface area (Å²) in [6.45, 7) is 1.78. The number of alkyl halides is 3. The molecule has 0 aliphatic heterocycles. The van der Waals surface area contributed by atoms with Gasteiger partial charge in [-0.3, -0.25) is 4.79 Å². The van der Waals surface area contributed by atoms with Gasteiger partial charge in [0.25, 0.3) is 0 Å². The molecule has 0 bridgehead atoms. The number of halogens is 3. The highest BCUT2D eigenvalue weighted by Crippen LogP contribution is 2.34. The number of nitrogens with one attached hydrogen (secondary N) is 1. The maximum Gasteiger partial charge on any atom is 0.416 e. The smallest absolute Gasteiger partial charge is 0.416 e. The molecule has 2 fully saturated rings. The third-order valence-corrected chi connectivity index (χ3v) is 7.01. The van der Waals surface area contributed by atoms with E-state index in [9.17, 15) is 27.9 Å². The Bertz CT molecular complexity index is 1080. The van der Waals surface area contributed by atoms with Crippen molar-refractivity contribution in [1.29, 1.82) is 0 Å². The highest BCUT2D eigenvalue weighted by molar-refractivity contribution is 5.88. The molecule has 10 heteroatoms. The topological polar surface area (TPSA) is 102 Å². The van der Waals surface area contributed by atoms with Crippen molar-refractivity contribution in [2.75, 3.05) is 0 Å². The zero-order valence-electron chi connectivity index (χ0n) is 19.5. The first-order valence-corrected chi connectivity index (χ1v) is 11.9. The Morgan fingerprint density at radius 1 is 1.23 bits per heavy atom. The number of benzene rings is 1. The molecule has 2 unspecified atom stereocenters. The first-order chi connectivity index (χ1) is 16.6. The largest absolute Gasteiger partial charge is 0.480 e. The number of ether oxygens (including phenoxy) is 1. The predicted molar refractivity (Wildman–Crippen MR) is 119 cm³/mol. The van der Waals surface area contributed by atoms with Crippen LogP contribution in [-0.4, -0.2) is 33.6 Å². The summed E-state index contributed by atoms with van der Waals surface area (Å²) in [4.78, 5) is 29.0. The zero-order valence-corrected chi connectivity index (χ0v) is 19.5. The molecule has 0 radical (unpaired) electrons. The van der Waals surface area contributed by atoms with Crippen LogP contribution in [0, 0.1) is 12.8 Å². The summed E-state index contributed by atoms with van der Waals surface area (Å²) in [5.74, 6) is -1.02. The molecule has 4 rings (SSSR count). The van der Waals surface area contributed by atoms with E-state index in [0.29, 0.717) is 37.1 Å². The lowest BCUT2D eigenvalue weighted by Crippen LogP contribution is -2.54. The van der Waals surface area contributed by atoms with Gasteiger partial charge < -0.3 is 19.6 Å². The number of aryl methyl sites for hydroxylation is 1. The number of carboxylic acid groups (broad SMARTS) is 1. The van der Waals surface area contributed by atoms with E-state index in [1.807, 2.05) is 0 Å². The number of hydrogen-bond donors (Lipinski definition) is 2. The van der Waals surface area contributed by atoms with Gasteiger partial charge in [-0.05, 0) is 57.2 Å². The van der Waals surface area contributed by atoms with Crippen LogP contribution >= 0.6 is 0 Å². The Labute approximate surface area is 201 Å². The molecule has 1 aromatic heterocycles. The van der Waals surface area contributed by atoms with Crippen LogP contribution in [0.25, 0.3) is 11.5 Å². The SMILES string of the molecule is Cc1oc(-c2cccc(C(F)(F)F)c2)nc1COC1CCCC(C(=O)NC2(C(=O)O)CCCC2)C1. The lowest BCUT2D eigenvalue weighted by molar-refractivity contribution is -0.148. The number of carbonyl (C=O) groups is 2. The van der Waals surface area contributed by atoms with Crippen LogP contribution in [0.15, 0.2) is 28.7 Å². The van der Waals surface area contributed by atoms with Crippen molar-refractivity contribution in [2.24, 2.45) is 5.92 Å². The molecule has 35 heavy (non-hydrogen) atoms. The molecule has 1 heterocycles. The highest BCUT2D eigenvalue weighted by atomic mass is 19.4. The molecular weight excluding hydrogens is 465 g/mol. The summed E-state index contributed by atoms with van der Waals surface area (Å²) in [5.41, 5.74) is -1.23. The fourth-order valence-corrected chi connectivity index (χ4v) is 4.95. The predicted octanol–water partition coefficient (Wildman–Crippen LogP) is 5.26. The lowest BCUT2D eigenvalue weighted by atomic mass is 9.85. The Morgan fingerprint density at radius 3 is 2.66 bits per heavy atom. The maximum absolute atomic E-state index is 13.0. The van der Waals surface area contributed by atoms with Crippen molar-refractivity contribution < 1.29 is 37.0 Å². The van der Waals surface area contributed by atoms with E-state index in [2.05, 4.69) is 10.3 Å². The standard InChI is InChI=1S/C25H29F3N2O5/c1-15-20(29-22(35-15)17-7-4-8-18(12-17)25(26,27)28)14-34-19-9-5-6-16(13-19)21(31)30-24(23(32)33)10-2-3-11-24/h4,7-8,12,16,19H,2-3,5-6,9-11,13-14H2,1H3,(H,30,31)(H,32,33). The summed E-state index contributed by atoms with van der Waals surface area (Å²) in [7, 11) is 0. The van der Waals surface area contributed by atoms with Gasteiger partial charge in [0, 0.05) is 11.5 Å². The molecule has 0 spiro atoms. The Morgan fingerprint density at radius 2 is 1.97 bits per heavy atom. The highest BCUT2D eigenvalue weighted by Gasteiger charge is 2.44. The summed E-state index contributed by atoms with van der Waals surface area (Å²) >= 11 is 0. The number of amides is 1. The van der Waals surface area contributed by atoms with Crippen molar-refractivity contribution in [3.8, 4) is 11.5 Å². The van der Waals surface area contributed by atoms with Crippen molar-refractivity contribution >= 4 is 11.9 Å². The zero-order chi connectivity index (χ0) is 25.2. The van der Waals surface area contributed by atoms with Gasteiger partial charge in [-0.25, -0.2) is 9.78 Å². The van der Waals surface area contributed by atoms with Crippen LogP contribution in [0.1, 0.15) is 68.4 Å². The Kier molecular flexibility index (Phi) is 7.21. The molecule has 2 aromatic rings. The number of rotatable bonds is 7. The van der Waals surface area contributed by atoms with Gasteiger partial charge in [0.1, 0.15) is 17.0 Å². The van der Waals surface area contributed by atoms with E-state index in [1.54, 1.807) is 6.92 Å². The summed E-state index contributed by atoms with van der Waals surface area (Å²) in [5, 5.41) is 12.4. The molecule has 2 atom stereocenters. The van der Waals surface area contributed by atoms with E-state index >= 15 is 0 Å². The fraction of sp³-hybridized carbons (Fsp3) is 0.560. The third-order valence-electron chi connectivity index (χ3n) is 7.01. The Hall–Kier alpha value is -2.88. The van der Waals surface area contributed by atoms with Crippen molar-refractivity contribution in [1.82, 2.24) is 10.3 Å². The number of aromatic nitrogens is 1. The summed E-state index contributed by atoms with van der Waals surface area (Å²) in [6.07, 6.45) is 0.447. The minimum Gasteiger partial charge on any atom is -0.480 e. The van der Waals surface area contributed by atoms with E-state index in [1.165, 1.54) is 12.1 Å². The molecule has 190 valence electrons. The first-order valence-electron chi connectivity index (χ1n) is 11.9. The van der Waals surface area contributed by atoms with Crippen LogP contribution in [0.3, 0.4) is 0 Å². The lowest BCUT2D eigenvalue weighted by Gasteiger charge is -2.32. The molecule has 1 aromatic carbocycles. The van der Waals surface area contributed by atoms with Crippen LogP contribution in [0.4, 0.5) is 13.2 Å². The number of hydrogen-bond acceptors (Lipinski definition) is 5. The maximum atomic E-state index is 13.0. The van der Waals surface area contributed by atoms with Gasteiger partial charge in [0.2, 0.25) is 11.8 Å². The van der Waals surface area contributed by atoms with Crippen molar-refractivity contribution in [3.63, 3.8) is 0 Å². The number of carbonyl (C=O) groups excluding carboxylic acids is 1. The minimum atomic E-state index is -4.46. The van der Waals surface area contributed by atoms with Crippen LogP contribution in [-0.2, 0) is 27.1 Å². The van der Waals surface area contributed by atoms with Crippen molar-refractivity contribution in [3.05, 3.63) is 41.3 Å². The molecule has 7 nitrogen and oxygen atoms in total. The Balaban J connectivity index is 1.37. The molecular formula is C25H29F3N2O5. The van der Waals surface area contributed by atoms with E-state index in [4.69, 9.17) is 9.15 Å². The quantitative estimate of drug-likeness (QED) is 0.545. The molecule has 1 amide bonds. The average molecular weight is 495 g/mol. The number of nitrogens with zero attached hydrogens (tertiary/aromatic N) is 1. The first kappa shape index (κ1) is 25.2. The van der Waals surface area contributed by atoms with Crippen LogP contribution in [0.5, 0.6) is 0 Å². The van der Waals surface area contributed by atoms with Crippen LogP contribution < -0.4 is 5.32 Å². The minimum absolute atomic E-state index is 0.0867. The second kappa shape index (κ2) is 10.0. The van der Waals surface area contributed by atoms with Crippen LogP contribution in [0.2, 0.25) is 0 Å². The molecule has 2 aliphatic carbocycles. The second-order valence-electron chi connectivity index (χ2n) is 9.48. The monoisotopic (exact) mass is 494 g/mol. The van der Waals surface area contributed by atoms with Gasteiger partial charge in [-0.2, -0.15) is 13.2 Å². The van der Waals surface area contributed by atoms with Gasteiger partial charge in [-0.15, -0.1) is 0 Å². The fourth-order valence-electron chi connectivity index (χ4n) is 4.95. The van der Waals surface area contributed by atoms with Gasteiger partial charge in [-0.1, -0.05) is 25.3 Å². The summed E-state index contributed by atoms with van der Waals surface area (Å²) in [6, 6.07) is 4.79. The van der Waals surface area contributed by atoms with Crippen molar-refractivity contribution in [2.45, 2.75) is 82.7 Å². The van der Waals surface area contributed by atoms with E-state index < -0.39 is 23.2 Å². The molecule has 2 N–H and O–H groups in total. The normalized spacial score (nSPS) is 22.2. The van der Waals surface area contributed by atoms with E-state index in [-0.39, 0.29) is 36.0 Å². The third kappa shape index (κ3) is 5.69. The second-order valence-corrected chi connectivity index (χ2v) is 9.48. The number of carboxylic acids is 1. The summed E-state index contributed by atoms with van der Waals surface area (Å²) < 4.78 is 50.7. The van der Waals surface area contributed by atoms with Gasteiger partial charge in [0.15, 0.2) is 0 Å².